The monoisotopic (exact) mass is 474 g/mol. The van der Waals surface area contributed by atoms with Gasteiger partial charge in [0.15, 0.2) is 0 Å². The van der Waals surface area contributed by atoms with Gasteiger partial charge in [-0.15, -0.1) is 0 Å². The Morgan fingerprint density at radius 1 is 1.32 bits per heavy atom. The van der Waals surface area contributed by atoms with Crippen molar-refractivity contribution in [2.75, 3.05) is 6.61 Å². The Morgan fingerprint density at radius 2 is 2.04 bits per heavy atom. The van der Waals surface area contributed by atoms with Crippen molar-refractivity contribution in [3.63, 3.8) is 0 Å². The van der Waals surface area contributed by atoms with E-state index in [0.717, 1.165) is 12.8 Å². The van der Waals surface area contributed by atoms with Gasteiger partial charge in [-0.3, -0.25) is 0 Å². The van der Waals surface area contributed by atoms with Crippen LogP contribution in [0.1, 0.15) is 44.7 Å². The van der Waals surface area contributed by atoms with E-state index < -0.39 is 18.0 Å². The van der Waals surface area contributed by atoms with Gasteiger partial charge in [-0.2, -0.15) is 0 Å². The fourth-order valence-corrected chi connectivity index (χ4v) is 3.92. The van der Waals surface area contributed by atoms with Gasteiger partial charge in [0.05, 0.1) is 22.7 Å². The first-order valence-corrected chi connectivity index (χ1v) is 9.63. The second-order valence-electron chi connectivity index (χ2n) is 5.57. The van der Waals surface area contributed by atoms with Gasteiger partial charge in [-0.25, -0.2) is 9.59 Å². The van der Waals surface area contributed by atoms with E-state index in [2.05, 4.69) is 42.5 Å². The number of halogens is 2. The highest BCUT2D eigenvalue weighted by atomic mass is 79.9. The fourth-order valence-electron chi connectivity index (χ4n) is 2.66. The molecule has 2 rings (SSSR count). The molecule has 0 radical (unpaired) electrons. The number of unbranched alkanes of at least 4 members (excludes halogenated alkanes) is 1. The molecule has 2 amide bonds. The predicted octanol–water partition coefficient (Wildman–Crippen LogP) is 4.28. The van der Waals surface area contributed by atoms with Gasteiger partial charge >= 0.3 is 12.0 Å². The van der Waals surface area contributed by atoms with Gasteiger partial charge in [-0.1, -0.05) is 29.3 Å². The summed E-state index contributed by atoms with van der Waals surface area (Å²) in [5.74, 6) is -0.548. The highest BCUT2D eigenvalue weighted by Gasteiger charge is 2.35. The van der Waals surface area contributed by atoms with Crippen LogP contribution in [0.3, 0.4) is 0 Å². The second-order valence-corrected chi connectivity index (χ2v) is 7.34. The molecule has 25 heavy (non-hydrogen) atoms. The quantitative estimate of drug-likeness (QED) is 0.536. The lowest BCUT2D eigenvalue weighted by Crippen LogP contribution is -2.46. The number of urea groups is 1. The van der Waals surface area contributed by atoms with Gasteiger partial charge in [0.1, 0.15) is 5.75 Å². The largest absolute Gasteiger partial charge is 0.506 e. The molecule has 0 aromatic heterocycles. The Hall–Kier alpha value is -1.54. The molecule has 1 atom stereocenters. The van der Waals surface area contributed by atoms with Crippen LogP contribution in [-0.2, 0) is 9.53 Å². The zero-order valence-corrected chi connectivity index (χ0v) is 17.2. The van der Waals surface area contributed by atoms with Gasteiger partial charge < -0.3 is 20.5 Å². The van der Waals surface area contributed by atoms with Crippen molar-refractivity contribution in [1.82, 2.24) is 10.6 Å². The summed E-state index contributed by atoms with van der Waals surface area (Å²) in [5.41, 5.74) is 1.26. The van der Waals surface area contributed by atoms with Crippen molar-refractivity contribution in [2.45, 2.75) is 39.2 Å². The smallest absolute Gasteiger partial charge is 0.338 e. The maximum absolute atomic E-state index is 12.6. The van der Waals surface area contributed by atoms with Crippen molar-refractivity contribution in [3.05, 3.63) is 37.9 Å². The number of esters is 1. The molecule has 1 aromatic rings. The predicted molar refractivity (Wildman–Crippen MR) is 101 cm³/mol. The topological polar surface area (TPSA) is 87.7 Å². The molecule has 0 saturated heterocycles. The normalized spacial score (nSPS) is 17.1. The summed E-state index contributed by atoms with van der Waals surface area (Å²) < 4.78 is 6.35. The summed E-state index contributed by atoms with van der Waals surface area (Å²) in [6, 6.07) is 2.15. The number of carbonyl (C=O) groups excluding carboxylic acids is 2. The number of phenolic OH excluding ortho intramolecular Hbond substituents is 1. The molecule has 1 aromatic carbocycles. The number of carbonyl (C=O) groups is 2. The van der Waals surface area contributed by atoms with Gasteiger partial charge in [0.2, 0.25) is 0 Å². The molecule has 0 saturated carbocycles. The van der Waals surface area contributed by atoms with Crippen LogP contribution >= 0.6 is 31.9 Å². The van der Waals surface area contributed by atoms with E-state index in [0.29, 0.717) is 32.2 Å². The van der Waals surface area contributed by atoms with Crippen molar-refractivity contribution >= 4 is 43.9 Å². The molecule has 0 fully saturated rings. The van der Waals surface area contributed by atoms with Crippen LogP contribution in [0, 0.1) is 0 Å². The minimum atomic E-state index is -0.798. The molecular weight excluding hydrogens is 456 g/mol. The first kappa shape index (κ1) is 19.8. The second kappa shape index (κ2) is 8.71. The van der Waals surface area contributed by atoms with E-state index in [9.17, 15) is 14.7 Å². The molecule has 0 spiro atoms. The summed E-state index contributed by atoms with van der Waals surface area (Å²) in [5, 5.41) is 15.9. The molecule has 6 nitrogen and oxygen atoms in total. The van der Waals surface area contributed by atoms with Crippen molar-refractivity contribution in [3.8, 4) is 5.75 Å². The van der Waals surface area contributed by atoms with E-state index in [1.807, 2.05) is 6.92 Å². The standard InChI is InChI=1S/C17H20Br2N2O4/c1-3-5-6-12-13(16(23)25-4-2)14(21-17(24)20-12)10-7-9(18)8-11(19)15(10)22/h7-8,14,22H,3-6H2,1-2H3,(H2,20,21,24). The molecule has 1 heterocycles. The van der Waals surface area contributed by atoms with E-state index in [1.54, 1.807) is 19.1 Å². The van der Waals surface area contributed by atoms with Gasteiger partial charge in [0, 0.05) is 15.7 Å². The Bertz CT molecular complexity index is 719. The molecule has 1 aliphatic rings. The first-order chi connectivity index (χ1) is 11.9. The summed E-state index contributed by atoms with van der Waals surface area (Å²) in [6.07, 6.45) is 2.28. The van der Waals surface area contributed by atoms with Crippen LogP contribution in [0.5, 0.6) is 5.75 Å². The van der Waals surface area contributed by atoms with E-state index in [4.69, 9.17) is 4.74 Å². The van der Waals surface area contributed by atoms with Crippen LogP contribution < -0.4 is 10.6 Å². The number of phenols is 1. The molecule has 0 bridgehead atoms. The molecular formula is C17H20Br2N2O4. The Kier molecular flexibility index (Phi) is 6.89. The van der Waals surface area contributed by atoms with Crippen LogP contribution in [0.15, 0.2) is 32.3 Å². The molecule has 8 heteroatoms. The number of allylic oxidation sites excluding steroid dienone is 1. The van der Waals surface area contributed by atoms with E-state index >= 15 is 0 Å². The van der Waals surface area contributed by atoms with Crippen LogP contribution in [0.4, 0.5) is 4.79 Å². The van der Waals surface area contributed by atoms with Crippen LogP contribution in [-0.4, -0.2) is 23.7 Å². The summed E-state index contributed by atoms with van der Waals surface area (Å²) >= 11 is 6.65. The number of nitrogens with one attached hydrogen (secondary N) is 2. The van der Waals surface area contributed by atoms with Gasteiger partial charge in [0.25, 0.3) is 0 Å². The average molecular weight is 476 g/mol. The number of amides is 2. The zero-order chi connectivity index (χ0) is 18.6. The maximum Gasteiger partial charge on any atom is 0.338 e. The number of hydrogen-bond acceptors (Lipinski definition) is 4. The number of ether oxygens (including phenoxy) is 1. The Balaban J connectivity index is 2.59. The maximum atomic E-state index is 12.6. The number of rotatable bonds is 6. The molecule has 0 aliphatic carbocycles. The first-order valence-electron chi connectivity index (χ1n) is 8.04. The third-order valence-electron chi connectivity index (χ3n) is 3.80. The summed E-state index contributed by atoms with van der Waals surface area (Å²) in [7, 11) is 0. The zero-order valence-electron chi connectivity index (χ0n) is 14.0. The average Bonchev–Trinajstić information content (AvgIpc) is 2.55. The highest BCUT2D eigenvalue weighted by molar-refractivity contribution is 9.11. The fraction of sp³-hybridized carbons (Fsp3) is 0.412. The van der Waals surface area contributed by atoms with Crippen LogP contribution in [0.25, 0.3) is 0 Å². The Labute approximate surface area is 163 Å². The Morgan fingerprint density at radius 3 is 2.68 bits per heavy atom. The minimum absolute atomic E-state index is 0.0351. The number of aromatic hydroxyl groups is 1. The third kappa shape index (κ3) is 4.55. The molecule has 136 valence electrons. The van der Waals surface area contributed by atoms with Crippen LogP contribution in [0.2, 0.25) is 0 Å². The number of hydrogen-bond donors (Lipinski definition) is 3. The molecule has 3 N–H and O–H groups in total. The van der Waals surface area contributed by atoms with Crippen molar-refractivity contribution in [1.29, 1.82) is 0 Å². The third-order valence-corrected chi connectivity index (χ3v) is 4.86. The van der Waals surface area contributed by atoms with Gasteiger partial charge in [-0.05, 0) is 47.8 Å². The van der Waals surface area contributed by atoms with E-state index in [-0.39, 0.29) is 12.4 Å². The number of benzene rings is 1. The summed E-state index contributed by atoms with van der Waals surface area (Å²) in [6.45, 7) is 3.97. The summed E-state index contributed by atoms with van der Waals surface area (Å²) in [4.78, 5) is 24.7. The molecule has 1 unspecified atom stereocenters. The lowest BCUT2D eigenvalue weighted by molar-refractivity contribution is -0.139. The highest BCUT2D eigenvalue weighted by Crippen LogP contribution is 2.39. The van der Waals surface area contributed by atoms with E-state index in [1.165, 1.54) is 0 Å². The minimum Gasteiger partial charge on any atom is -0.506 e. The van der Waals surface area contributed by atoms with Crippen molar-refractivity contribution < 1.29 is 19.4 Å². The molecule has 1 aliphatic heterocycles. The lowest BCUT2D eigenvalue weighted by atomic mass is 9.93. The lowest BCUT2D eigenvalue weighted by Gasteiger charge is -2.30. The van der Waals surface area contributed by atoms with Crippen molar-refractivity contribution in [2.24, 2.45) is 0 Å². The SMILES string of the molecule is CCCCC1=C(C(=O)OCC)C(c2cc(Br)cc(Br)c2O)NC(=O)N1.